The molecule has 0 unspecified atom stereocenters. The normalized spacial score (nSPS) is 13.3. The summed E-state index contributed by atoms with van der Waals surface area (Å²) in [5.74, 6) is 0.607. The molecule has 0 aliphatic carbocycles. The van der Waals surface area contributed by atoms with Gasteiger partial charge in [0.25, 0.3) is 0 Å². The van der Waals surface area contributed by atoms with Crippen molar-refractivity contribution in [3.8, 4) is 0 Å². The standard InChI is InChI=1S/C13H30N2O/c1-5-6-7-8-9-16-11-12(2)10-13(14-3)15-4/h12-15H,5-11H2,1-4H3/t12-/m1/s1. The molecule has 1 atom stereocenters. The van der Waals surface area contributed by atoms with Crippen LogP contribution in [0.5, 0.6) is 0 Å². The van der Waals surface area contributed by atoms with E-state index in [9.17, 15) is 0 Å². The second-order valence-corrected chi connectivity index (χ2v) is 4.61. The molecule has 0 fully saturated rings. The highest BCUT2D eigenvalue weighted by Crippen LogP contribution is 2.06. The van der Waals surface area contributed by atoms with Crippen LogP contribution in [0.4, 0.5) is 0 Å². The Morgan fingerprint density at radius 3 is 2.31 bits per heavy atom. The van der Waals surface area contributed by atoms with E-state index in [1.807, 2.05) is 14.1 Å². The lowest BCUT2D eigenvalue weighted by atomic mass is 10.1. The molecule has 0 spiro atoms. The fourth-order valence-corrected chi connectivity index (χ4v) is 1.77. The second kappa shape index (κ2) is 11.4. The molecule has 3 heteroatoms. The van der Waals surface area contributed by atoms with Crippen LogP contribution in [0.3, 0.4) is 0 Å². The molecular formula is C13H30N2O. The predicted molar refractivity (Wildman–Crippen MR) is 70.6 cm³/mol. The summed E-state index contributed by atoms with van der Waals surface area (Å²) in [5, 5.41) is 6.47. The molecule has 2 N–H and O–H groups in total. The monoisotopic (exact) mass is 230 g/mol. The molecule has 98 valence electrons. The summed E-state index contributed by atoms with van der Waals surface area (Å²) in [6.45, 7) is 6.28. The summed E-state index contributed by atoms with van der Waals surface area (Å²) >= 11 is 0. The van der Waals surface area contributed by atoms with Crippen molar-refractivity contribution in [1.82, 2.24) is 10.6 Å². The Morgan fingerprint density at radius 2 is 1.75 bits per heavy atom. The van der Waals surface area contributed by atoms with Crippen molar-refractivity contribution in [3.05, 3.63) is 0 Å². The maximum Gasteiger partial charge on any atom is 0.0570 e. The first-order valence-electron chi connectivity index (χ1n) is 6.66. The Kier molecular flexibility index (Phi) is 11.3. The quantitative estimate of drug-likeness (QED) is 0.422. The van der Waals surface area contributed by atoms with Gasteiger partial charge in [0.05, 0.1) is 6.17 Å². The third kappa shape index (κ3) is 9.13. The topological polar surface area (TPSA) is 33.3 Å². The van der Waals surface area contributed by atoms with Gasteiger partial charge in [0.1, 0.15) is 0 Å². The molecular weight excluding hydrogens is 200 g/mol. The molecule has 0 saturated heterocycles. The van der Waals surface area contributed by atoms with E-state index in [4.69, 9.17) is 4.74 Å². The lowest BCUT2D eigenvalue weighted by molar-refractivity contribution is 0.0940. The lowest BCUT2D eigenvalue weighted by Crippen LogP contribution is -2.39. The third-order valence-corrected chi connectivity index (χ3v) is 2.88. The van der Waals surface area contributed by atoms with Gasteiger partial charge in [-0.25, -0.2) is 0 Å². The fourth-order valence-electron chi connectivity index (χ4n) is 1.77. The Labute approximate surface area is 101 Å². The van der Waals surface area contributed by atoms with Crippen LogP contribution in [0.25, 0.3) is 0 Å². The number of hydrogen-bond acceptors (Lipinski definition) is 3. The van der Waals surface area contributed by atoms with E-state index < -0.39 is 0 Å². The van der Waals surface area contributed by atoms with E-state index in [1.165, 1.54) is 25.7 Å². The van der Waals surface area contributed by atoms with E-state index in [1.54, 1.807) is 0 Å². The van der Waals surface area contributed by atoms with Gasteiger partial charge in [0.2, 0.25) is 0 Å². The van der Waals surface area contributed by atoms with Crippen LogP contribution in [0.1, 0.15) is 46.0 Å². The summed E-state index contributed by atoms with van der Waals surface area (Å²) in [4.78, 5) is 0. The summed E-state index contributed by atoms with van der Waals surface area (Å²) in [5.41, 5.74) is 0. The van der Waals surface area contributed by atoms with Gasteiger partial charge in [0.15, 0.2) is 0 Å². The number of unbranched alkanes of at least 4 members (excludes halogenated alkanes) is 3. The minimum absolute atomic E-state index is 0.402. The smallest absolute Gasteiger partial charge is 0.0570 e. The molecule has 0 aromatic heterocycles. The molecule has 0 bridgehead atoms. The van der Waals surface area contributed by atoms with Crippen molar-refractivity contribution in [2.24, 2.45) is 5.92 Å². The van der Waals surface area contributed by atoms with Gasteiger partial charge in [-0.3, -0.25) is 0 Å². The predicted octanol–water partition coefficient (Wildman–Crippen LogP) is 2.37. The van der Waals surface area contributed by atoms with Gasteiger partial charge in [-0.05, 0) is 32.9 Å². The first kappa shape index (κ1) is 15.9. The molecule has 0 aliphatic heterocycles. The average Bonchev–Trinajstić information content (AvgIpc) is 2.30. The van der Waals surface area contributed by atoms with Gasteiger partial charge in [-0.2, -0.15) is 0 Å². The summed E-state index contributed by atoms with van der Waals surface area (Å²) in [6.07, 6.45) is 6.66. The maximum atomic E-state index is 5.68. The van der Waals surface area contributed by atoms with Gasteiger partial charge in [0, 0.05) is 13.2 Å². The number of ether oxygens (including phenoxy) is 1. The van der Waals surface area contributed by atoms with E-state index in [0.717, 1.165) is 19.6 Å². The van der Waals surface area contributed by atoms with Crippen LogP contribution in [0, 0.1) is 5.92 Å². The van der Waals surface area contributed by atoms with Crippen LogP contribution in [-0.4, -0.2) is 33.5 Å². The molecule has 3 nitrogen and oxygen atoms in total. The van der Waals surface area contributed by atoms with Crippen molar-refractivity contribution in [2.75, 3.05) is 27.3 Å². The minimum atomic E-state index is 0.402. The SMILES string of the molecule is CCCCCCOC[C@H](C)CC(NC)NC. The molecule has 0 aromatic carbocycles. The zero-order chi connectivity index (χ0) is 12.2. The van der Waals surface area contributed by atoms with E-state index in [-0.39, 0.29) is 0 Å². The average molecular weight is 230 g/mol. The highest BCUT2D eigenvalue weighted by Gasteiger charge is 2.09. The number of hydrogen-bond donors (Lipinski definition) is 2. The summed E-state index contributed by atoms with van der Waals surface area (Å²) in [6, 6.07) is 0. The van der Waals surface area contributed by atoms with Crippen molar-refractivity contribution in [2.45, 2.75) is 52.1 Å². The molecule has 0 rings (SSSR count). The van der Waals surface area contributed by atoms with Gasteiger partial charge in [-0.15, -0.1) is 0 Å². The Morgan fingerprint density at radius 1 is 1.06 bits per heavy atom. The third-order valence-electron chi connectivity index (χ3n) is 2.88. The van der Waals surface area contributed by atoms with Crippen molar-refractivity contribution < 1.29 is 4.74 Å². The van der Waals surface area contributed by atoms with Crippen molar-refractivity contribution >= 4 is 0 Å². The molecule has 16 heavy (non-hydrogen) atoms. The Balaban J connectivity index is 3.32. The molecule has 0 amide bonds. The van der Waals surface area contributed by atoms with Crippen molar-refractivity contribution in [1.29, 1.82) is 0 Å². The number of nitrogens with one attached hydrogen (secondary N) is 2. The van der Waals surface area contributed by atoms with Crippen LogP contribution in [0.15, 0.2) is 0 Å². The highest BCUT2D eigenvalue weighted by molar-refractivity contribution is 4.63. The molecule has 0 heterocycles. The van der Waals surface area contributed by atoms with Gasteiger partial charge < -0.3 is 15.4 Å². The van der Waals surface area contributed by atoms with Crippen LogP contribution >= 0.6 is 0 Å². The fraction of sp³-hybridized carbons (Fsp3) is 1.00. The zero-order valence-electron chi connectivity index (χ0n) is 11.5. The van der Waals surface area contributed by atoms with Crippen molar-refractivity contribution in [3.63, 3.8) is 0 Å². The van der Waals surface area contributed by atoms with Crippen LogP contribution in [-0.2, 0) is 4.74 Å². The van der Waals surface area contributed by atoms with Gasteiger partial charge >= 0.3 is 0 Å². The Bertz CT molecular complexity index is 138. The first-order valence-corrected chi connectivity index (χ1v) is 6.66. The number of rotatable bonds is 11. The molecule has 0 aromatic rings. The minimum Gasteiger partial charge on any atom is -0.381 e. The molecule has 0 saturated carbocycles. The van der Waals surface area contributed by atoms with Crippen LogP contribution in [0.2, 0.25) is 0 Å². The molecule has 0 radical (unpaired) electrons. The van der Waals surface area contributed by atoms with E-state index in [0.29, 0.717) is 12.1 Å². The first-order chi connectivity index (χ1) is 7.74. The largest absolute Gasteiger partial charge is 0.381 e. The summed E-state index contributed by atoms with van der Waals surface area (Å²) < 4.78 is 5.68. The maximum absolute atomic E-state index is 5.68. The highest BCUT2D eigenvalue weighted by atomic mass is 16.5. The lowest BCUT2D eigenvalue weighted by Gasteiger charge is -2.19. The van der Waals surface area contributed by atoms with Gasteiger partial charge in [-0.1, -0.05) is 33.1 Å². The Hall–Kier alpha value is -0.120. The molecule has 0 aliphatic rings. The zero-order valence-corrected chi connectivity index (χ0v) is 11.5. The van der Waals surface area contributed by atoms with E-state index in [2.05, 4.69) is 24.5 Å². The van der Waals surface area contributed by atoms with E-state index >= 15 is 0 Å². The van der Waals surface area contributed by atoms with Crippen LogP contribution < -0.4 is 10.6 Å². The second-order valence-electron chi connectivity index (χ2n) is 4.61. The summed E-state index contributed by atoms with van der Waals surface area (Å²) in [7, 11) is 3.97.